The predicted molar refractivity (Wildman–Crippen MR) is 77.5 cm³/mol. The van der Waals surface area contributed by atoms with Gasteiger partial charge in [-0.25, -0.2) is 0 Å². The zero-order valence-electron chi connectivity index (χ0n) is 12.1. The highest BCUT2D eigenvalue weighted by Gasteiger charge is 2.30. The molecule has 0 aromatic heterocycles. The summed E-state index contributed by atoms with van der Waals surface area (Å²) in [6.07, 6.45) is 2.11. The van der Waals surface area contributed by atoms with E-state index in [4.69, 9.17) is 10.00 Å². The van der Waals surface area contributed by atoms with Gasteiger partial charge in [-0.05, 0) is 57.0 Å². The van der Waals surface area contributed by atoms with Crippen LogP contribution in [0.3, 0.4) is 0 Å². The molecule has 1 aliphatic carbocycles. The van der Waals surface area contributed by atoms with Crippen LogP contribution in [0.4, 0.5) is 0 Å². The van der Waals surface area contributed by atoms with Crippen molar-refractivity contribution in [2.24, 2.45) is 5.92 Å². The Balaban J connectivity index is 1.73. The van der Waals surface area contributed by atoms with E-state index in [0.717, 1.165) is 5.92 Å². The lowest BCUT2D eigenvalue weighted by Crippen LogP contribution is -2.39. The third kappa shape index (κ3) is 4.22. The number of hydrogen-bond acceptors (Lipinski definition) is 4. The number of rotatable bonds is 7. The van der Waals surface area contributed by atoms with Gasteiger partial charge in [0.1, 0.15) is 18.5 Å². The third-order valence-electron chi connectivity index (χ3n) is 3.92. The molecule has 2 rings (SSSR count). The summed E-state index contributed by atoms with van der Waals surface area (Å²) >= 11 is 0. The summed E-state index contributed by atoms with van der Waals surface area (Å²) in [4.78, 5) is 2.20. The summed E-state index contributed by atoms with van der Waals surface area (Å²) in [7, 11) is 2.05. The van der Waals surface area contributed by atoms with Crippen molar-refractivity contribution in [1.29, 1.82) is 5.26 Å². The molecule has 1 aromatic carbocycles. The SMILES string of the molecule is CC(C1CC1)N(C)CC(O)COc1ccc(C#N)cc1. The maximum absolute atomic E-state index is 10.0. The van der Waals surface area contributed by atoms with E-state index < -0.39 is 6.10 Å². The molecule has 0 radical (unpaired) electrons. The number of aliphatic hydroxyl groups excluding tert-OH is 1. The first-order chi connectivity index (χ1) is 9.60. The Bertz CT molecular complexity index is 462. The molecule has 0 aliphatic heterocycles. The molecule has 1 fully saturated rings. The van der Waals surface area contributed by atoms with Crippen molar-refractivity contribution < 1.29 is 9.84 Å². The molecular formula is C16H22N2O2. The molecule has 2 unspecified atom stereocenters. The number of nitrogens with zero attached hydrogens (tertiary/aromatic N) is 2. The molecule has 20 heavy (non-hydrogen) atoms. The van der Waals surface area contributed by atoms with E-state index >= 15 is 0 Å². The van der Waals surface area contributed by atoms with Gasteiger partial charge in [-0.15, -0.1) is 0 Å². The molecule has 4 heteroatoms. The van der Waals surface area contributed by atoms with Crippen LogP contribution in [0.15, 0.2) is 24.3 Å². The number of ether oxygens (including phenoxy) is 1. The van der Waals surface area contributed by atoms with Crippen LogP contribution in [0.5, 0.6) is 5.75 Å². The van der Waals surface area contributed by atoms with Crippen LogP contribution in [0.25, 0.3) is 0 Å². The summed E-state index contributed by atoms with van der Waals surface area (Å²) in [5.74, 6) is 1.48. The second-order valence-electron chi connectivity index (χ2n) is 5.62. The molecule has 1 aliphatic rings. The topological polar surface area (TPSA) is 56.5 Å². The van der Waals surface area contributed by atoms with Gasteiger partial charge in [-0.2, -0.15) is 5.26 Å². The normalized spacial score (nSPS) is 17.6. The standard InChI is InChI=1S/C16H22N2O2/c1-12(14-5-6-14)18(2)10-15(19)11-20-16-7-3-13(9-17)4-8-16/h3-4,7-8,12,14-15,19H,5-6,10-11H2,1-2H3. The number of hydrogen-bond donors (Lipinski definition) is 1. The van der Waals surface area contributed by atoms with Gasteiger partial charge in [0, 0.05) is 12.6 Å². The van der Waals surface area contributed by atoms with E-state index in [1.165, 1.54) is 12.8 Å². The second-order valence-corrected chi connectivity index (χ2v) is 5.62. The largest absolute Gasteiger partial charge is 0.491 e. The fourth-order valence-electron chi connectivity index (χ4n) is 2.31. The Morgan fingerprint density at radius 3 is 2.60 bits per heavy atom. The Labute approximate surface area is 120 Å². The van der Waals surface area contributed by atoms with Gasteiger partial charge in [0.25, 0.3) is 0 Å². The molecule has 0 heterocycles. The van der Waals surface area contributed by atoms with Crippen LogP contribution < -0.4 is 4.74 Å². The number of aliphatic hydroxyl groups is 1. The highest BCUT2D eigenvalue weighted by Crippen LogP contribution is 2.34. The van der Waals surface area contributed by atoms with Gasteiger partial charge in [0.05, 0.1) is 11.6 Å². The van der Waals surface area contributed by atoms with Gasteiger partial charge in [-0.1, -0.05) is 0 Å². The lowest BCUT2D eigenvalue weighted by Gasteiger charge is -2.26. The Kier molecular flexibility index (Phi) is 4.99. The zero-order valence-corrected chi connectivity index (χ0v) is 12.1. The minimum Gasteiger partial charge on any atom is -0.491 e. The minimum absolute atomic E-state index is 0.271. The van der Waals surface area contributed by atoms with E-state index in [0.29, 0.717) is 23.9 Å². The molecule has 0 saturated heterocycles. The van der Waals surface area contributed by atoms with Crippen molar-refractivity contribution in [3.05, 3.63) is 29.8 Å². The maximum atomic E-state index is 10.0. The van der Waals surface area contributed by atoms with E-state index in [1.54, 1.807) is 24.3 Å². The van der Waals surface area contributed by atoms with Crippen molar-refractivity contribution >= 4 is 0 Å². The Hall–Kier alpha value is -1.57. The highest BCUT2D eigenvalue weighted by atomic mass is 16.5. The van der Waals surface area contributed by atoms with Gasteiger partial charge in [0.2, 0.25) is 0 Å². The minimum atomic E-state index is -0.503. The molecular weight excluding hydrogens is 252 g/mol. The van der Waals surface area contributed by atoms with Gasteiger partial charge in [-0.3, -0.25) is 0 Å². The van der Waals surface area contributed by atoms with Gasteiger partial charge in [0.15, 0.2) is 0 Å². The van der Waals surface area contributed by atoms with Crippen LogP contribution in [0, 0.1) is 17.2 Å². The predicted octanol–water partition coefficient (Wildman–Crippen LogP) is 2.03. The average molecular weight is 274 g/mol. The number of likely N-dealkylation sites (N-methyl/N-ethyl adjacent to an activating group) is 1. The highest BCUT2D eigenvalue weighted by molar-refractivity contribution is 5.34. The number of benzene rings is 1. The van der Waals surface area contributed by atoms with Crippen molar-refractivity contribution in [1.82, 2.24) is 4.90 Å². The summed E-state index contributed by atoms with van der Waals surface area (Å²) in [5.41, 5.74) is 0.607. The molecule has 0 spiro atoms. The molecule has 108 valence electrons. The summed E-state index contributed by atoms with van der Waals surface area (Å²) in [6.45, 7) is 3.10. The second kappa shape index (κ2) is 6.74. The third-order valence-corrected chi connectivity index (χ3v) is 3.92. The van der Waals surface area contributed by atoms with Crippen molar-refractivity contribution in [3.63, 3.8) is 0 Å². The van der Waals surface area contributed by atoms with Crippen LogP contribution in [0.1, 0.15) is 25.3 Å². The summed E-state index contributed by atoms with van der Waals surface area (Å²) in [6, 6.07) is 9.52. The average Bonchev–Trinajstić information content (AvgIpc) is 3.29. The maximum Gasteiger partial charge on any atom is 0.119 e. The summed E-state index contributed by atoms with van der Waals surface area (Å²) < 4.78 is 5.54. The molecule has 0 amide bonds. The van der Waals surface area contributed by atoms with Crippen molar-refractivity contribution in [3.8, 4) is 11.8 Å². The molecule has 0 bridgehead atoms. The molecule has 1 saturated carbocycles. The van der Waals surface area contributed by atoms with Gasteiger partial charge < -0.3 is 14.7 Å². The van der Waals surface area contributed by atoms with Crippen molar-refractivity contribution in [2.75, 3.05) is 20.2 Å². The van der Waals surface area contributed by atoms with E-state index in [2.05, 4.69) is 17.9 Å². The molecule has 1 aromatic rings. The lowest BCUT2D eigenvalue weighted by molar-refractivity contribution is 0.0623. The van der Waals surface area contributed by atoms with Crippen LogP contribution in [0.2, 0.25) is 0 Å². The van der Waals surface area contributed by atoms with E-state index in [-0.39, 0.29) is 6.61 Å². The fourth-order valence-corrected chi connectivity index (χ4v) is 2.31. The molecule has 1 N–H and O–H groups in total. The van der Waals surface area contributed by atoms with E-state index in [1.807, 2.05) is 7.05 Å². The first-order valence-corrected chi connectivity index (χ1v) is 7.11. The molecule has 4 nitrogen and oxygen atoms in total. The summed E-state index contributed by atoms with van der Waals surface area (Å²) in [5, 5.41) is 18.7. The van der Waals surface area contributed by atoms with Crippen LogP contribution in [-0.2, 0) is 0 Å². The lowest BCUT2D eigenvalue weighted by atomic mass is 10.2. The first kappa shape index (κ1) is 14.8. The Morgan fingerprint density at radius 1 is 1.40 bits per heavy atom. The zero-order chi connectivity index (χ0) is 14.5. The van der Waals surface area contributed by atoms with Gasteiger partial charge >= 0.3 is 0 Å². The fraction of sp³-hybridized carbons (Fsp3) is 0.562. The smallest absolute Gasteiger partial charge is 0.119 e. The Morgan fingerprint density at radius 2 is 2.05 bits per heavy atom. The van der Waals surface area contributed by atoms with Crippen LogP contribution >= 0.6 is 0 Å². The quantitative estimate of drug-likeness (QED) is 0.826. The molecule has 2 atom stereocenters. The first-order valence-electron chi connectivity index (χ1n) is 7.11. The monoisotopic (exact) mass is 274 g/mol. The van der Waals surface area contributed by atoms with Crippen molar-refractivity contribution in [2.45, 2.75) is 31.9 Å². The van der Waals surface area contributed by atoms with Crippen LogP contribution in [-0.4, -0.2) is 42.4 Å². The number of nitriles is 1. The van der Waals surface area contributed by atoms with E-state index in [9.17, 15) is 5.11 Å².